The zero-order valence-electron chi connectivity index (χ0n) is 17.2. The molecule has 13 heteroatoms. The number of hydrogen-bond donors (Lipinski definition) is 1. The topological polar surface area (TPSA) is 69.0 Å². The highest BCUT2D eigenvalue weighted by Crippen LogP contribution is 2.34. The Hall–Kier alpha value is -3.12. The number of thioether (sulfide) groups is 1. The van der Waals surface area contributed by atoms with Gasteiger partial charge in [-0.05, 0) is 42.5 Å². The zero-order valence-corrected chi connectivity index (χ0v) is 18.7. The van der Waals surface area contributed by atoms with E-state index in [1.54, 1.807) is 10.6 Å². The summed E-state index contributed by atoms with van der Waals surface area (Å²) in [7, 11) is 0. The molecule has 1 heterocycles. The Morgan fingerprint density at radius 3 is 2.53 bits per heavy atom. The third-order valence-electron chi connectivity index (χ3n) is 4.27. The molecule has 0 radical (unpaired) electrons. The Labute approximate surface area is 199 Å². The molecule has 3 rings (SSSR count). The van der Waals surface area contributed by atoms with Gasteiger partial charge in [0.2, 0.25) is 5.91 Å². The number of allylic oxidation sites excluding steroid dienone is 1. The lowest BCUT2D eigenvalue weighted by Gasteiger charge is -2.12. The summed E-state index contributed by atoms with van der Waals surface area (Å²) in [6, 6.07) is 8.39. The minimum absolute atomic E-state index is 0.0203. The molecule has 1 N–H and O–H groups in total. The first kappa shape index (κ1) is 25.5. The first-order chi connectivity index (χ1) is 16.1. The first-order valence-electron chi connectivity index (χ1n) is 9.47. The van der Waals surface area contributed by atoms with Gasteiger partial charge in [-0.25, -0.2) is 0 Å². The Bertz CT molecular complexity index is 1170. The summed E-state index contributed by atoms with van der Waals surface area (Å²) in [5.41, 5.74) is -0.551. The van der Waals surface area contributed by atoms with Gasteiger partial charge in [0.05, 0.1) is 22.0 Å². The molecule has 0 aliphatic rings. The highest BCUT2D eigenvalue weighted by molar-refractivity contribution is 7.99. The molecular formula is C21H16ClF5N4O2S. The molecule has 2 aromatic carbocycles. The Morgan fingerprint density at radius 2 is 1.91 bits per heavy atom. The molecule has 1 amide bonds. The summed E-state index contributed by atoms with van der Waals surface area (Å²) in [5, 5.41) is 10.8. The van der Waals surface area contributed by atoms with Crippen LogP contribution in [0, 0.1) is 0 Å². The number of benzene rings is 2. The summed E-state index contributed by atoms with van der Waals surface area (Å²) < 4.78 is 69.4. The van der Waals surface area contributed by atoms with Crippen LogP contribution in [0.5, 0.6) is 5.75 Å². The molecule has 0 spiro atoms. The molecule has 0 atom stereocenters. The van der Waals surface area contributed by atoms with Crippen molar-refractivity contribution in [3.05, 3.63) is 65.7 Å². The third kappa shape index (κ3) is 6.48. The van der Waals surface area contributed by atoms with Crippen LogP contribution < -0.4 is 10.1 Å². The fourth-order valence-corrected chi connectivity index (χ4v) is 3.71. The maximum Gasteiger partial charge on any atom is 0.416 e. The third-order valence-corrected chi connectivity index (χ3v) is 5.56. The molecule has 0 aliphatic carbocycles. The van der Waals surface area contributed by atoms with E-state index in [9.17, 15) is 26.7 Å². The van der Waals surface area contributed by atoms with Gasteiger partial charge >= 0.3 is 12.8 Å². The lowest BCUT2D eigenvalue weighted by Crippen LogP contribution is -2.16. The quantitative estimate of drug-likeness (QED) is 0.209. The average molecular weight is 519 g/mol. The molecule has 0 saturated heterocycles. The number of amides is 1. The van der Waals surface area contributed by atoms with Crippen molar-refractivity contribution in [2.75, 3.05) is 11.1 Å². The Morgan fingerprint density at radius 1 is 1.21 bits per heavy atom. The van der Waals surface area contributed by atoms with Crippen LogP contribution in [-0.2, 0) is 17.5 Å². The second kappa shape index (κ2) is 10.9. The molecule has 0 bridgehead atoms. The molecule has 6 nitrogen and oxygen atoms in total. The van der Waals surface area contributed by atoms with E-state index in [2.05, 4.69) is 26.8 Å². The van der Waals surface area contributed by atoms with Crippen LogP contribution in [-0.4, -0.2) is 33.0 Å². The maximum atomic E-state index is 12.9. The fourth-order valence-electron chi connectivity index (χ4n) is 2.80. The van der Waals surface area contributed by atoms with Crippen LogP contribution in [0.4, 0.5) is 27.6 Å². The summed E-state index contributed by atoms with van der Waals surface area (Å²) in [4.78, 5) is 12.3. The highest BCUT2D eigenvalue weighted by Gasteiger charge is 2.31. The van der Waals surface area contributed by atoms with Crippen molar-refractivity contribution in [1.29, 1.82) is 0 Å². The van der Waals surface area contributed by atoms with Gasteiger partial charge in [-0.3, -0.25) is 9.36 Å². The van der Waals surface area contributed by atoms with Crippen molar-refractivity contribution in [3.63, 3.8) is 0 Å². The van der Waals surface area contributed by atoms with Gasteiger partial charge in [0.15, 0.2) is 11.0 Å². The first-order valence-corrected chi connectivity index (χ1v) is 10.8. The van der Waals surface area contributed by atoms with E-state index < -0.39 is 24.3 Å². The average Bonchev–Trinajstić information content (AvgIpc) is 3.16. The van der Waals surface area contributed by atoms with Crippen molar-refractivity contribution >= 4 is 35.0 Å². The molecule has 180 valence electrons. The number of nitrogens with one attached hydrogen (secondary N) is 1. The number of carbonyl (C=O) groups excluding carboxylic acids is 1. The number of nitrogens with zero attached hydrogens (tertiary/aromatic N) is 3. The second-order valence-corrected chi connectivity index (χ2v) is 7.99. The van der Waals surface area contributed by atoms with E-state index in [4.69, 9.17) is 11.6 Å². The number of halogens is 6. The van der Waals surface area contributed by atoms with Crippen molar-refractivity contribution in [2.45, 2.75) is 24.5 Å². The van der Waals surface area contributed by atoms with Gasteiger partial charge in [-0.2, -0.15) is 22.0 Å². The summed E-state index contributed by atoms with van der Waals surface area (Å²) in [5.74, 6) is -0.418. The van der Waals surface area contributed by atoms with Crippen LogP contribution in [0.15, 0.2) is 60.3 Å². The number of aromatic nitrogens is 3. The van der Waals surface area contributed by atoms with Crippen LogP contribution in [0.3, 0.4) is 0 Å². The summed E-state index contributed by atoms with van der Waals surface area (Å²) >= 11 is 6.90. The lowest BCUT2D eigenvalue weighted by molar-refractivity contribution is -0.137. The molecule has 0 saturated carbocycles. The second-order valence-electron chi connectivity index (χ2n) is 6.64. The van der Waals surface area contributed by atoms with Crippen molar-refractivity contribution in [2.24, 2.45) is 0 Å². The van der Waals surface area contributed by atoms with E-state index in [1.807, 2.05) is 0 Å². The predicted molar refractivity (Wildman–Crippen MR) is 118 cm³/mol. The molecule has 1 aromatic heterocycles. The molecule has 0 aliphatic heterocycles. The van der Waals surface area contributed by atoms with E-state index in [1.165, 1.54) is 24.3 Å². The number of anilines is 1. The van der Waals surface area contributed by atoms with E-state index >= 15 is 0 Å². The number of ether oxygens (including phenoxy) is 1. The Balaban J connectivity index is 1.72. The Kier molecular flexibility index (Phi) is 8.15. The van der Waals surface area contributed by atoms with Crippen LogP contribution in [0.1, 0.15) is 5.56 Å². The standard InChI is InChI=1S/C21H16ClF5N4O2S/c1-2-9-31-18(12-3-6-14(7-4-12)33-19(23)24)29-30-20(31)34-11-17(32)28-16-10-13(21(25,26)27)5-8-15(16)22/h2-8,10,19H,1,9,11H2,(H,28,32). The fraction of sp³-hybridized carbons (Fsp3) is 0.190. The normalized spacial score (nSPS) is 11.5. The van der Waals surface area contributed by atoms with Gasteiger partial charge in [0, 0.05) is 12.1 Å². The molecular weight excluding hydrogens is 503 g/mol. The lowest BCUT2D eigenvalue weighted by atomic mass is 10.2. The van der Waals surface area contributed by atoms with Gasteiger partial charge in [0.25, 0.3) is 0 Å². The monoisotopic (exact) mass is 518 g/mol. The minimum atomic E-state index is -4.58. The number of alkyl halides is 5. The largest absolute Gasteiger partial charge is 0.435 e. The van der Waals surface area contributed by atoms with Gasteiger partial charge < -0.3 is 10.1 Å². The highest BCUT2D eigenvalue weighted by atomic mass is 35.5. The maximum absolute atomic E-state index is 12.9. The van der Waals surface area contributed by atoms with Crippen molar-refractivity contribution < 1.29 is 31.5 Å². The van der Waals surface area contributed by atoms with E-state index in [0.29, 0.717) is 16.5 Å². The predicted octanol–water partition coefficient (Wildman–Crippen LogP) is 6.14. The van der Waals surface area contributed by atoms with E-state index in [-0.39, 0.29) is 28.8 Å². The molecule has 34 heavy (non-hydrogen) atoms. The van der Waals surface area contributed by atoms with Gasteiger partial charge in [-0.1, -0.05) is 29.4 Å². The van der Waals surface area contributed by atoms with E-state index in [0.717, 1.165) is 30.0 Å². The number of carbonyl (C=O) groups is 1. The smallest absolute Gasteiger partial charge is 0.416 e. The van der Waals surface area contributed by atoms with Crippen LogP contribution >= 0.6 is 23.4 Å². The zero-order chi connectivity index (χ0) is 24.9. The summed E-state index contributed by atoms with van der Waals surface area (Å²) in [6.45, 7) is 1.00. The molecule has 0 fully saturated rings. The molecule has 0 unspecified atom stereocenters. The minimum Gasteiger partial charge on any atom is -0.435 e. The number of rotatable bonds is 9. The van der Waals surface area contributed by atoms with Crippen molar-refractivity contribution in [1.82, 2.24) is 14.8 Å². The van der Waals surface area contributed by atoms with Crippen LogP contribution in [0.2, 0.25) is 5.02 Å². The number of hydrogen-bond acceptors (Lipinski definition) is 5. The van der Waals surface area contributed by atoms with Gasteiger partial charge in [-0.15, -0.1) is 16.8 Å². The van der Waals surface area contributed by atoms with Gasteiger partial charge in [0.1, 0.15) is 5.75 Å². The van der Waals surface area contributed by atoms with Crippen LogP contribution in [0.25, 0.3) is 11.4 Å². The SMILES string of the molecule is C=CCn1c(SCC(=O)Nc2cc(C(F)(F)F)ccc2Cl)nnc1-c1ccc(OC(F)F)cc1. The van der Waals surface area contributed by atoms with Crippen molar-refractivity contribution in [3.8, 4) is 17.1 Å². The molecule has 3 aromatic rings. The summed E-state index contributed by atoms with van der Waals surface area (Å²) in [6.07, 6.45) is -3.01.